The number of methoxy groups -OCH3 is 1. The predicted molar refractivity (Wildman–Crippen MR) is 115 cm³/mol. The maximum absolute atomic E-state index is 13.0. The molecule has 4 nitrogen and oxygen atoms in total. The van der Waals surface area contributed by atoms with Crippen LogP contribution in [0.3, 0.4) is 0 Å². The first-order valence-corrected chi connectivity index (χ1v) is 10.2. The van der Waals surface area contributed by atoms with Crippen LogP contribution >= 0.6 is 0 Å². The Kier molecular flexibility index (Phi) is 5.89. The van der Waals surface area contributed by atoms with E-state index < -0.39 is 0 Å². The summed E-state index contributed by atoms with van der Waals surface area (Å²) in [4.78, 5) is 19.5. The average molecular weight is 386 g/mol. The number of rotatable bonds is 4. The highest BCUT2D eigenvalue weighted by Crippen LogP contribution is 2.28. The van der Waals surface area contributed by atoms with Gasteiger partial charge in [0.2, 0.25) is 0 Å². The second-order valence-electron chi connectivity index (χ2n) is 7.49. The van der Waals surface area contributed by atoms with Gasteiger partial charge in [-0.15, -0.1) is 0 Å². The quantitative estimate of drug-likeness (QED) is 0.621. The molecule has 1 amide bonds. The first-order chi connectivity index (χ1) is 14.2. The van der Waals surface area contributed by atoms with Crippen molar-refractivity contribution in [3.8, 4) is 17.0 Å². The van der Waals surface area contributed by atoms with Crippen LogP contribution in [0.4, 0.5) is 0 Å². The smallest absolute Gasteiger partial charge is 0.255 e. The van der Waals surface area contributed by atoms with Crippen molar-refractivity contribution >= 4 is 5.91 Å². The van der Waals surface area contributed by atoms with E-state index in [-0.39, 0.29) is 5.91 Å². The zero-order valence-electron chi connectivity index (χ0n) is 16.8. The fraction of sp³-hybridized carbons (Fsp3) is 0.280. The number of amides is 1. The molecule has 4 rings (SSSR count). The standard InChI is InChI=1S/C25H26N2O2/c1-29-23-11-5-9-21(17-23)24-13-12-22(18-26-24)25(28)27-15-6-10-20(14-16-27)19-7-3-2-4-8-19/h2-5,7-9,11-13,17-18,20H,6,10,14-16H2,1H3/t20-/m0/s1. The predicted octanol–water partition coefficient (Wildman–Crippen LogP) is 5.17. The van der Waals surface area contributed by atoms with Gasteiger partial charge < -0.3 is 9.64 Å². The maximum atomic E-state index is 13.0. The van der Waals surface area contributed by atoms with Crippen LogP contribution in [-0.4, -0.2) is 36.0 Å². The summed E-state index contributed by atoms with van der Waals surface area (Å²) in [6, 6.07) is 22.2. The zero-order chi connectivity index (χ0) is 20.1. The van der Waals surface area contributed by atoms with Gasteiger partial charge in [-0.1, -0.05) is 42.5 Å². The Morgan fingerprint density at radius 1 is 1.00 bits per heavy atom. The fourth-order valence-electron chi connectivity index (χ4n) is 4.01. The van der Waals surface area contributed by atoms with Gasteiger partial charge in [-0.2, -0.15) is 0 Å². The van der Waals surface area contributed by atoms with Gasteiger partial charge >= 0.3 is 0 Å². The number of hydrogen-bond acceptors (Lipinski definition) is 3. The fourth-order valence-corrected chi connectivity index (χ4v) is 4.01. The van der Waals surface area contributed by atoms with Crippen LogP contribution < -0.4 is 4.74 Å². The lowest BCUT2D eigenvalue weighted by Gasteiger charge is -2.21. The topological polar surface area (TPSA) is 42.4 Å². The lowest BCUT2D eigenvalue weighted by Crippen LogP contribution is -2.32. The zero-order valence-corrected chi connectivity index (χ0v) is 16.8. The van der Waals surface area contributed by atoms with E-state index in [1.54, 1.807) is 13.3 Å². The van der Waals surface area contributed by atoms with E-state index >= 15 is 0 Å². The Morgan fingerprint density at radius 3 is 2.62 bits per heavy atom. The summed E-state index contributed by atoms with van der Waals surface area (Å²) in [6.45, 7) is 1.59. The lowest BCUT2D eigenvalue weighted by molar-refractivity contribution is 0.0760. The van der Waals surface area contributed by atoms with Gasteiger partial charge in [0.05, 0.1) is 18.4 Å². The van der Waals surface area contributed by atoms with E-state index in [4.69, 9.17) is 4.74 Å². The molecule has 4 heteroatoms. The number of likely N-dealkylation sites (tertiary alicyclic amines) is 1. The highest BCUT2D eigenvalue weighted by atomic mass is 16.5. The van der Waals surface area contributed by atoms with Crippen LogP contribution in [0.2, 0.25) is 0 Å². The van der Waals surface area contributed by atoms with E-state index in [9.17, 15) is 4.79 Å². The molecule has 0 spiro atoms. The first kappa shape index (κ1) is 19.2. The lowest BCUT2D eigenvalue weighted by atomic mass is 9.92. The van der Waals surface area contributed by atoms with Gasteiger partial charge in [0.15, 0.2) is 0 Å². The molecule has 148 valence electrons. The molecule has 1 atom stereocenters. The first-order valence-electron chi connectivity index (χ1n) is 10.2. The van der Waals surface area contributed by atoms with Gasteiger partial charge in [-0.05, 0) is 55.0 Å². The second kappa shape index (κ2) is 8.91. The summed E-state index contributed by atoms with van der Waals surface area (Å²) in [6.07, 6.45) is 4.85. The summed E-state index contributed by atoms with van der Waals surface area (Å²) < 4.78 is 5.28. The Balaban J connectivity index is 1.44. The van der Waals surface area contributed by atoms with Crippen molar-refractivity contribution in [3.63, 3.8) is 0 Å². The SMILES string of the molecule is COc1cccc(-c2ccc(C(=O)N3CCC[C@H](c4ccccc4)CC3)cn2)c1. The largest absolute Gasteiger partial charge is 0.497 e. The summed E-state index contributed by atoms with van der Waals surface area (Å²) in [5.41, 5.74) is 3.84. The van der Waals surface area contributed by atoms with E-state index in [2.05, 4.69) is 35.3 Å². The summed E-state index contributed by atoms with van der Waals surface area (Å²) in [5.74, 6) is 1.40. The Hall–Kier alpha value is -3.14. The molecule has 3 aromatic rings. The van der Waals surface area contributed by atoms with Gasteiger partial charge in [0, 0.05) is 24.8 Å². The minimum absolute atomic E-state index is 0.0726. The number of carbonyl (C=O) groups is 1. The van der Waals surface area contributed by atoms with E-state index in [1.165, 1.54) is 5.56 Å². The number of ether oxygens (including phenoxy) is 1. The average Bonchev–Trinajstić information content (AvgIpc) is 3.06. The molecule has 0 unspecified atom stereocenters. The molecule has 0 saturated carbocycles. The molecule has 0 bridgehead atoms. The molecule has 0 N–H and O–H groups in total. The molecule has 1 saturated heterocycles. The highest BCUT2D eigenvalue weighted by molar-refractivity contribution is 5.94. The van der Waals surface area contributed by atoms with Crippen LogP contribution in [0.25, 0.3) is 11.3 Å². The minimum atomic E-state index is 0.0726. The molecule has 0 aliphatic carbocycles. The summed E-state index contributed by atoms with van der Waals surface area (Å²) in [7, 11) is 1.65. The number of nitrogens with zero attached hydrogens (tertiary/aromatic N) is 2. The number of hydrogen-bond donors (Lipinski definition) is 0. The number of pyridine rings is 1. The molecule has 1 aliphatic heterocycles. The molecule has 29 heavy (non-hydrogen) atoms. The molecular weight excluding hydrogens is 360 g/mol. The van der Waals surface area contributed by atoms with E-state index in [0.29, 0.717) is 11.5 Å². The minimum Gasteiger partial charge on any atom is -0.497 e. The van der Waals surface area contributed by atoms with Crippen LogP contribution in [0, 0.1) is 0 Å². The Labute approximate surface area is 172 Å². The van der Waals surface area contributed by atoms with Crippen molar-refractivity contribution in [2.24, 2.45) is 0 Å². The molecule has 1 aromatic heterocycles. The third kappa shape index (κ3) is 4.48. The van der Waals surface area contributed by atoms with Crippen molar-refractivity contribution in [2.45, 2.75) is 25.2 Å². The third-order valence-electron chi connectivity index (χ3n) is 5.66. The van der Waals surface area contributed by atoms with Crippen LogP contribution in [0.5, 0.6) is 5.75 Å². The molecule has 1 fully saturated rings. The van der Waals surface area contributed by atoms with Crippen molar-refractivity contribution < 1.29 is 9.53 Å². The second-order valence-corrected chi connectivity index (χ2v) is 7.49. The van der Waals surface area contributed by atoms with E-state index in [0.717, 1.165) is 49.4 Å². The van der Waals surface area contributed by atoms with Crippen molar-refractivity contribution in [3.05, 3.63) is 84.1 Å². The normalized spacial score (nSPS) is 16.9. The Bertz CT molecular complexity index is 954. The van der Waals surface area contributed by atoms with Gasteiger partial charge in [-0.25, -0.2) is 0 Å². The molecule has 2 aromatic carbocycles. The maximum Gasteiger partial charge on any atom is 0.255 e. The number of benzene rings is 2. The number of carbonyl (C=O) groups excluding carboxylic acids is 1. The highest BCUT2D eigenvalue weighted by Gasteiger charge is 2.22. The van der Waals surface area contributed by atoms with Crippen molar-refractivity contribution in [1.29, 1.82) is 0 Å². The van der Waals surface area contributed by atoms with Gasteiger partial charge in [0.25, 0.3) is 5.91 Å². The van der Waals surface area contributed by atoms with Crippen molar-refractivity contribution in [1.82, 2.24) is 9.88 Å². The van der Waals surface area contributed by atoms with Crippen LogP contribution in [0.1, 0.15) is 41.1 Å². The van der Waals surface area contributed by atoms with Gasteiger partial charge in [-0.3, -0.25) is 9.78 Å². The van der Waals surface area contributed by atoms with Crippen LogP contribution in [-0.2, 0) is 0 Å². The van der Waals surface area contributed by atoms with E-state index in [1.807, 2.05) is 41.3 Å². The molecular formula is C25H26N2O2. The van der Waals surface area contributed by atoms with Crippen molar-refractivity contribution in [2.75, 3.05) is 20.2 Å². The van der Waals surface area contributed by atoms with Crippen LogP contribution in [0.15, 0.2) is 72.9 Å². The van der Waals surface area contributed by atoms with Gasteiger partial charge in [0.1, 0.15) is 5.75 Å². The number of aromatic nitrogens is 1. The molecule has 1 aliphatic rings. The Morgan fingerprint density at radius 2 is 1.86 bits per heavy atom. The molecule has 2 heterocycles. The summed E-state index contributed by atoms with van der Waals surface area (Å²) >= 11 is 0. The molecule has 0 radical (unpaired) electrons. The monoisotopic (exact) mass is 386 g/mol. The summed E-state index contributed by atoms with van der Waals surface area (Å²) in [5, 5.41) is 0. The third-order valence-corrected chi connectivity index (χ3v) is 5.66.